The van der Waals surface area contributed by atoms with E-state index in [1.165, 1.54) is 0 Å². The molecule has 2 aromatic carbocycles. The van der Waals surface area contributed by atoms with Crippen LogP contribution in [0.2, 0.25) is 0 Å². The molecule has 0 bridgehead atoms. The van der Waals surface area contributed by atoms with Crippen LogP contribution >= 0.6 is 15.9 Å². The van der Waals surface area contributed by atoms with Crippen molar-refractivity contribution in [2.75, 3.05) is 25.6 Å². The highest BCUT2D eigenvalue weighted by Crippen LogP contribution is 2.36. The summed E-state index contributed by atoms with van der Waals surface area (Å²) < 4.78 is 16.7. The van der Waals surface area contributed by atoms with E-state index in [1.807, 2.05) is 6.92 Å². The van der Waals surface area contributed by atoms with Crippen LogP contribution in [0.5, 0.6) is 17.2 Å². The molecule has 0 aliphatic rings. The quantitative estimate of drug-likeness (QED) is 0.675. The van der Waals surface area contributed by atoms with Gasteiger partial charge in [-0.15, -0.1) is 0 Å². The van der Waals surface area contributed by atoms with Crippen LogP contribution in [0.3, 0.4) is 0 Å². The lowest BCUT2D eigenvalue weighted by Gasteiger charge is -2.14. The third-order valence-electron chi connectivity index (χ3n) is 3.19. The summed E-state index contributed by atoms with van der Waals surface area (Å²) in [6, 6.07) is 10.1. The van der Waals surface area contributed by atoms with Gasteiger partial charge in [-0.25, -0.2) is 0 Å². The number of ether oxygens (including phenoxy) is 3. The number of anilines is 1. The fourth-order valence-corrected chi connectivity index (χ4v) is 2.64. The second-order valence-electron chi connectivity index (χ2n) is 4.95. The molecule has 6 nitrogen and oxygen atoms in total. The van der Waals surface area contributed by atoms with Gasteiger partial charge in [0.2, 0.25) is 0 Å². The van der Waals surface area contributed by atoms with Crippen LogP contribution in [0.15, 0.2) is 40.9 Å². The Bertz CT molecular complexity index is 746. The highest BCUT2D eigenvalue weighted by molar-refractivity contribution is 9.10. The van der Waals surface area contributed by atoms with Gasteiger partial charge in [0.05, 0.1) is 18.2 Å². The summed E-state index contributed by atoms with van der Waals surface area (Å²) in [5.74, 6) is 1.15. The van der Waals surface area contributed by atoms with Crippen LogP contribution in [-0.2, 0) is 4.79 Å². The zero-order valence-electron chi connectivity index (χ0n) is 13.9. The number of aldehydes is 1. The Labute approximate surface area is 154 Å². The molecule has 2 aromatic rings. The van der Waals surface area contributed by atoms with Gasteiger partial charge >= 0.3 is 0 Å². The van der Waals surface area contributed by atoms with Gasteiger partial charge in [0, 0.05) is 11.3 Å². The van der Waals surface area contributed by atoms with E-state index in [4.69, 9.17) is 14.2 Å². The maximum absolute atomic E-state index is 12.1. The molecule has 7 heteroatoms. The fraction of sp³-hybridized carbons (Fsp3) is 0.222. The van der Waals surface area contributed by atoms with Crippen LogP contribution in [0.1, 0.15) is 17.3 Å². The molecule has 132 valence electrons. The minimum Gasteiger partial charge on any atom is -0.497 e. The molecule has 0 aromatic heterocycles. The molecular weight excluding hydrogens is 390 g/mol. The Kier molecular flexibility index (Phi) is 6.82. The van der Waals surface area contributed by atoms with Gasteiger partial charge in [0.25, 0.3) is 5.91 Å². The maximum atomic E-state index is 12.1. The Morgan fingerprint density at radius 3 is 2.52 bits per heavy atom. The Morgan fingerprint density at radius 1 is 1.20 bits per heavy atom. The van der Waals surface area contributed by atoms with E-state index in [2.05, 4.69) is 21.2 Å². The van der Waals surface area contributed by atoms with E-state index in [-0.39, 0.29) is 12.5 Å². The van der Waals surface area contributed by atoms with Gasteiger partial charge in [0.15, 0.2) is 18.1 Å². The first-order valence-electron chi connectivity index (χ1n) is 7.55. The largest absolute Gasteiger partial charge is 0.497 e. The molecule has 0 saturated carbocycles. The summed E-state index contributed by atoms with van der Waals surface area (Å²) in [5.41, 5.74) is 1.08. The van der Waals surface area contributed by atoms with Gasteiger partial charge in [-0.1, -0.05) is 0 Å². The van der Waals surface area contributed by atoms with Gasteiger partial charge < -0.3 is 19.5 Å². The molecule has 1 amide bonds. The standard InChI is InChI=1S/C18H18BrNO5/c1-3-24-16-9-12(10-21)8-15(19)18(16)25-11-17(22)20-13-4-6-14(23-2)7-5-13/h4-10H,3,11H2,1-2H3,(H,20,22). The molecule has 0 aliphatic carbocycles. The number of nitrogens with one attached hydrogen (secondary N) is 1. The van der Waals surface area contributed by atoms with E-state index in [0.717, 1.165) is 0 Å². The molecular formula is C18H18BrNO5. The van der Waals surface area contributed by atoms with Crippen molar-refractivity contribution < 1.29 is 23.8 Å². The Morgan fingerprint density at radius 2 is 1.92 bits per heavy atom. The van der Waals surface area contributed by atoms with Crippen molar-refractivity contribution >= 4 is 33.8 Å². The minimum absolute atomic E-state index is 0.203. The fourth-order valence-electron chi connectivity index (χ4n) is 2.07. The summed E-state index contributed by atoms with van der Waals surface area (Å²) in [7, 11) is 1.57. The number of carbonyl (C=O) groups is 2. The van der Waals surface area contributed by atoms with Gasteiger partial charge in [-0.2, -0.15) is 0 Å². The molecule has 0 saturated heterocycles. The number of rotatable bonds is 8. The van der Waals surface area contributed by atoms with Crippen LogP contribution in [0.4, 0.5) is 5.69 Å². The van der Waals surface area contributed by atoms with E-state index in [0.29, 0.717) is 45.9 Å². The van der Waals surface area contributed by atoms with Crippen molar-refractivity contribution in [3.05, 3.63) is 46.4 Å². The number of methoxy groups -OCH3 is 1. The lowest BCUT2D eigenvalue weighted by Crippen LogP contribution is -2.20. The number of amides is 1. The van der Waals surface area contributed by atoms with Crippen molar-refractivity contribution in [2.45, 2.75) is 6.92 Å². The van der Waals surface area contributed by atoms with Gasteiger partial charge in [-0.3, -0.25) is 9.59 Å². The van der Waals surface area contributed by atoms with Gasteiger partial charge in [-0.05, 0) is 59.3 Å². The van der Waals surface area contributed by atoms with Crippen molar-refractivity contribution in [3.63, 3.8) is 0 Å². The predicted octanol–water partition coefficient (Wildman–Crippen LogP) is 3.69. The van der Waals surface area contributed by atoms with E-state index >= 15 is 0 Å². The predicted molar refractivity (Wildman–Crippen MR) is 97.8 cm³/mol. The summed E-state index contributed by atoms with van der Waals surface area (Å²) in [5, 5.41) is 2.73. The monoisotopic (exact) mass is 407 g/mol. The maximum Gasteiger partial charge on any atom is 0.262 e. The topological polar surface area (TPSA) is 73.9 Å². The Hall–Kier alpha value is -2.54. The smallest absolute Gasteiger partial charge is 0.262 e. The average Bonchev–Trinajstić information content (AvgIpc) is 2.61. The molecule has 0 spiro atoms. The SMILES string of the molecule is CCOc1cc(C=O)cc(Br)c1OCC(=O)Nc1ccc(OC)cc1. The van der Waals surface area contributed by atoms with Crippen LogP contribution in [-0.4, -0.2) is 32.5 Å². The first-order valence-corrected chi connectivity index (χ1v) is 8.35. The molecule has 0 unspecified atom stereocenters. The zero-order chi connectivity index (χ0) is 18.2. The highest BCUT2D eigenvalue weighted by atomic mass is 79.9. The molecule has 2 rings (SSSR count). The van der Waals surface area contributed by atoms with Gasteiger partial charge in [0.1, 0.15) is 12.0 Å². The Balaban J connectivity index is 2.04. The summed E-state index contributed by atoms with van der Waals surface area (Å²) in [6.07, 6.45) is 0.716. The molecule has 0 fully saturated rings. The second-order valence-corrected chi connectivity index (χ2v) is 5.80. The summed E-state index contributed by atoms with van der Waals surface area (Å²) >= 11 is 3.33. The molecule has 0 heterocycles. The first-order chi connectivity index (χ1) is 12.1. The third kappa shape index (κ3) is 5.22. The van der Waals surface area contributed by atoms with Crippen LogP contribution < -0.4 is 19.5 Å². The number of benzene rings is 2. The summed E-state index contributed by atoms with van der Waals surface area (Å²) in [6.45, 7) is 2.02. The minimum atomic E-state index is -0.320. The molecule has 1 N–H and O–H groups in total. The molecule has 25 heavy (non-hydrogen) atoms. The zero-order valence-corrected chi connectivity index (χ0v) is 15.5. The first kappa shape index (κ1) is 18.8. The van der Waals surface area contributed by atoms with Crippen molar-refractivity contribution in [3.8, 4) is 17.2 Å². The number of hydrogen-bond donors (Lipinski definition) is 1. The van der Waals surface area contributed by atoms with Crippen molar-refractivity contribution in [1.29, 1.82) is 0 Å². The summed E-state index contributed by atoms with van der Waals surface area (Å²) in [4.78, 5) is 23.0. The molecule has 0 atom stereocenters. The number of hydrogen-bond acceptors (Lipinski definition) is 5. The lowest BCUT2D eigenvalue weighted by atomic mass is 10.2. The highest BCUT2D eigenvalue weighted by Gasteiger charge is 2.14. The van der Waals surface area contributed by atoms with E-state index < -0.39 is 0 Å². The van der Waals surface area contributed by atoms with Crippen LogP contribution in [0, 0.1) is 0 Å². The molecule has 0 radical (unpaired) electrons. The molecule has 0 aliphatic heterocycles. The average molecular weight is 408 g/mol. The third-order valence-corrected chi connectivity index (χ3v) is 3.78. The van der Waals surface area contributed by atoms with Crippen molar-refractivity contribution in [2.24, 2.45) is 0 Å². The van der Waals surface area contributed by atoms with Crippen LogP contribution in [0.25, 0.3) is 0 Å². The number of carbonyl (C=O) groups excluding carboxylic acids is 2. The van der Waals surface area contributed by atoms with E-state index in [9.17, 15) is 9.59 Å². The second kappa shape index (κ2) is 9.08. The van der Waals surface area contributed by atoms with Crippen molar-refractivity contribution in [1.82, 2.24) is 0 Å². The normalized spacial score (nSPS) is 10.0. The number of halogens is 1. The lowest BCUT2D eigenvalue weighted by molar-refractivity contribution is -0.118. The van der Waals surface area contributed by atoms with E-state index in [1.54, 1.807) is 43.5 Å².